The molecule has 0 saturated carbocycles. The summed E-state index contributed by atoms with van der Waals surface area (Å²) in [7, 11) is -4.34. The van der Waals surface area contributed by atoms with Crippen molar-refractivity contribution in [2.75, 3.05) is 4.72 Å². The van der Waals surface area contributed by atoms with Crippen LogP contribution in [0.25, 0.3) is 22.5 Å². The minimum absolute atomic E-state index is 0.182. The number of nitrogens with zero attached hydrogens (tertiary/aromatic N) is 3. The van der Waals surface area contributed by atoms with Crippen LogP contribution in [0.5, 0.6) is 0 Å². The summed E-state index contributed by atoms with van der Waals surface area (Å²) in [6.45, 7) is 2.04. The molecule has 2 heterocycles. The van der Waals surface area contributed by atoms with E-state index in [4.69, 9.17) is 0 Å². The Morgan fingerprint density at radius 1 is 1.09 bits per heavy atom. The predicted molar refractivity (Wildman–Crippen MR) is 116 cm³/mol. The standard InChI is InChI=1S/C22H19F2N5O2S/c1-2-4-21-25-10-9-19(27-21)17-13-26-28-22(17)14-5-3-6-16(11-14)29-32(30,31)20-12-15(23)7-8-18(20)24/h3,5-13,29H,2,4H2,1H3,(H,26,28). The van der Waals surface area contributed by atoms with Crippen molar-refractivity contribution in [3.8, 4) is 22.5 Å². The molecule has 2 aromatic heterocycles. The number of halogens is 2. The van der Waals surface area contributed by atoms with E-state index in [0.29, 0.717) is 23.0 Å². The van der Waals surface area contributed by atoms with Gasteiger partial charge in [-0.05, 0) is 42.8 Å². The number of rotatable bonds is 7. The molecule has 0 radical (unpaired) electrons. The molecule has 0 spiro atoms. The number of nitrogens with one attached hydrogen (secondary N) is 2. The van der Waals surface area contributed by atoms with E-state index < -0.39 is 26.6 Å². The molecule has 10 heteroatoms. The summed E-state index contributed by atoms with van der Waals surface area (Å²) in [6.07, 6.45) is 4.97. The van der Waals surface area contributed by atoms with Gasteiger partial charge in [-0.3, -0.25) is 9.82 Å². The molecule has 0 aliphatic rings. The van der Waals surface area contributed by atoms with E-state index in [1.54, 1.807) is 36.7 Å². The van der Waals surface area contributed by atoms with Gasteiger partial charge in [0.1, 0.15) is 22.4 Å². The van der Waals surface area contributed by atoms with Crippen LogP contribution < -0.4 is 4.72 Å². The van der Waals surface area contributed by atoms with E-state index >= 15 is 0 Å². The first-order valence-electron chi connectivity index (χ1n) is 9.81. The van der Waals surface area contributed by atoms with Crippen molar-refractivity contribution in [1.29, 1.82) is 0 Å². The van der Waals surface area contributed by atoms with Crippen LogP contribution in [0.3, 0.4) is 0 Å². The lowest BCUT2D eigenvalue weighted by atomic mass is 10.1. The van der Waals surface area contributed by atoms with Gasteiger partial charge in [-0.25, -0.2) is 27.2 Å². The fourth-order valence-electron chi connectivity index (χ4n) is 3.23. The van der Waals surface area contributed by atoms with Crippen molar-refractivity contribution in [1.82, 2.24) is 20.2 Å². The summed E-state index contributed by atoms with van der Waals surface area (Å²) in [6, 6.07) is 10.5. The molecule has 0 amide bonds. The molecule has 0 saturated heterocycles. The largest absolute Gasteiger partial charge is 0.280 e. The van der Waals surface area contributed by atoms with E-state index in [9.17, 15) is 17.2 Å². The molecule has 0 aliphatic heterocycles. The van der Waals surface area contributed by atoms with Gasteiger partial charge in [-0.1, -0.05) is 19.1 Å². The van der Waals surface area contributed by atoms with Crippen molar-refractivity contribution in [3.05, 3.63) is 78.4 Å². The van der Waals surface area contributed by atoms with Crippen molar-refractivity contribution in [2.45, 2.75) is 24.7 Å². The average molecular weight is 455 g/mol. The lowest BCUT2D eigenvalue weighted by Gasteiger charge is -2.11. The third-order valence-corrected chi connectivity index (χ3v) is 6.08. The normalized spacial score (nSPS) is 11.5. The molecule has 2 N–H and O–H groups in total. The van der Waals surface area contributed by atoms with Gasteiger partial charge in [0.05, 0.1) is 17.6 Å². The molecule has 32 heavy (non-hydrogen) atoms. The van der Waals surface area contributed by atoms with Crippen LogP contribution in [-0.2, 0) is 16.4 Å². The minimum Gasteiger partial charge on any atom is -0.280 e. The van der Waals surface area contributed by atoms with Gasteiger partial charge in [0, 0.05) is 29.4 Å². The number of hydrogen-bond donors (Lipinski definition) is 2. The first-order chi connectivity index (χ1) is 15.4. The van der Waals surface area contributed by atoms with Gasteiger partial charge in [0.15, 0.2) is 0 Å². The predicted octanol–water partition coefficient (Wildman–Crippen LogP) is 4.57. The van der Waals surface area contributed by atoms with Gasteiger partial charge in [-0.15, -0.1) is 0 Å². The highest BCUT2D eigenvalue weighted by atomic mass is 32.2. The topological polar surface area (TPSA) is 101 Å². The zero-order chi connectivity index (χ0) is 22.7. The maximum Gasteiger partial charge on any atom is 0.264 e. The summed E-state index contributed by atoms with van der Waals surface area (Å²) in [5, 5.41) is 7.02. The van der Waals surface area contributed by atoms with Crippen LogP contribution in [0.4, 0.5) is 14.5 Å². The Morgan fingerprint density at radius 3 is 2.75 bits per heavy atom. The smallest absolute Gasteiger partial charge is 0.264 e. The van der Waals surface area contributed by atoms with E-state index in [-0.39, 0.29) is 5.69 Å². The molecule has 164 valence electrons. The maximum absolute atomic E-state index is 14.0. The van der Waals surface area contributed by atoms with Gasteiger partial charge < -0.3 is 0 Å². The molecule has 2 aromatic carbocycles. The Balaban J connectivity index is 1.67. The number of aromatic nitrogens is 4. The fourth-order valence-corrected chi connectivity index (χ4v) is 4.36. The second-order valence-electron chi connectivity index (χ2n) is 7.03. The quantitative estimate of drug-likeness (QED) is 0.425. The van der Waals surface area contributed by atoms with Gasteiger partial charge in [0.2, 0.25) is 0 Å². The Bertz CT molecular complexity index is 1370. The monoisotopic (exact) mass is 455 g/mol. The lowest BCUT2D eigenvalue weighted by molar-refractivity contribution is 0.555. The zero-order valence-electron chi connectivity index (χ0n) is 17.0. The third kappa shape index (κ3) is 4.50. The van der Waals surface area contributed by atoms with Crippen LogP contribution in [0.1, 0.15) is 19.2 Å². The molecule has 0 bridgehead atoms. The second-order valence-corrected chi connectivity index (χ2v) is 8.68. The van der Waals surface area contributed by atoms with Crippen molar-refractivity contribution in [2.24, 2.45) is 0 Å². The Morgan fingerprint density at radius 2 is 1.94 bits per heavy atom. The number of anilines is 1. The number of hydrogen-bond acceptors (Lipinski definition) is 5. The number of aryl methyl sites for hydroxylation is 1. The molecule has 4 rings (SSSR count). The van der Waals surface area contributed by atoms with Crippen LogP contribution in [0.2, 0.25) is 0 Å². The Labute approximate surface area is 183 Å². The second kappa shape index (κ2) is 8.83. The molecule has 0 fully saturated rings. The highest BCUT2D eigenvalue weighted by molar-refractivity contribution is 7.92. The number of sulfonamides is 1. The van der Waals surface area contributed by atoms with E-state index in [1.807, 2.05) is 6.92 Å². The molecule has 4 aromatic rings. The SMILES string of the molecule is CCCc1nccc(-c2cn[nH]c2-c2cccc(NS(=O)(=O)c3cc(F)ccc3F)c2)n1. The van der Waals surface area contributed by atoms with Crippen LogP contribution in [0.15, 0.2) is 65.8 Å². The fraction of sp³-hybridized carbons (Fsp3) is 0.136. The summed E-state index contributed by atoms with van der Waals surface area (Å²) < 4.78 is 55.0. The molecule has 7 nitrogen and oxygen atoms in total. The third-order valence-electron chi connectivity index (χ3n) is 4.68. The average Bonchev–Trinajstić information content (AvgIpc) is 3.26. The molecular weight excluding hydrogens is 436 g/mol. The highest BCUT2D eigenvalue weighted by Gasteiger charge is 2.21. The lowest BCUT2D eigenvalue weighted by Crippen LogP contribution is -2.15. The molecule has 0 unspecified atom stereocenters. The molecule has 0 atom stereocenters. The van der Waals surface area contributed by atoms with Crippen molar-refractivity contribution >= 4 is 15.7 Å². The summed E-state index contributed by atoms with van der Waals surface area (Å²) in [4.78, 5) is 8.06. The first-order valence-corrected chi connectivity index (χ1v) is 11.3. The van der Waals surface area contributed by atoms with Crippen molar-refractivity contribution in [3.63, 3.8) is 0 Å². The van der Waals surface area contributed by atoms with Gasteiger partial charge >= 0.3 is 0 Å². The van der Waals surface area contributed by atoms with Gasteiger partial charge in [-0.2, -0.15) is 5.10 Å². The number of aromatic amines is 1. The van der Waals surface area contributed by atoms with Crippen LogP contribution >= 0.6 is 0 Å². The maximum atomic E-state index is 14.0. The van der Waals surface area contributed by atoms with Crippen molar-refractivity contribution < 1.29 is 17.2 Å². The summed E-state index contributed by atoms with van der Waals surface area (Å²) in [5.41, 5.74) is 2.85. The van der Waals surface area contributed by atoms with E-state index in [0.717, 1.165) is 36.4 Å². The zero-order valence-corrected chi connectivity index (χ0v) is 17.8. The molecular formula is C22H19F2N5O2S. The summed E-state index contributed by atoms with van der Waals surface area (Å²) in [5.74, 6) is -1.18. The van der Waals surface area contributed by atoms with Crippen LogP contribution in [0, 0.1) is 11.6 Å². The summed E-state index contributed by atoms with van der Waals surface area (Å²) >= 11 is 0. The number of H-pyrrole nitrogens is 1. The Kier molecular flexibility index (Phi) is 5.95. The minimum atomic E-state index is -4.34. The van der Waals surface area contributed by atoms with E-state index in [2.05, 4.69) is 24.9 Å². The first kappa shape index (κ1) is 21.6. The van der Waals surface area contributed by atoms with Crippen LogP contribution in [-0.4, -0.2) is 28.6 Å². The highest BCUT2D eigenvalue weighted by Crippen LogP contribution is 2.31. The Hall–Kier alpha value is -3.66. The van der Waals surface area contributed by atoms with E-state index in [1.165, 1.54) is 6.07 Å². The van der Waals surface area contributed by atoms with Gasteiger partial charge in [0.25, 0.3) is 10.0 Å². The molecule has 0 aliphatic carbocycles. The number of benzene rings is 2.